The number of halogens is 1. The van der Waals surface area contributed by atoms with Crippen molar-refractivity contribution in [1.29, 1.82) is 0 Å². The SMILES string of the molecule is NOCC(=O)OCc1ccccc1Cl. The molecule has 0 bridgehead atoms. The summed E-state index contributed by atoms with van der Waals surface area (Å²) in [6.07, 6.45) is 0. The Bertz CT molecular complexity index is 317. The van der Waals surface area contributed by atoms with Crippen LogP contribution in [-0.4, -0.2) is 12.6 Å². The predicted molar refractivity (Wildman–Crippen MR) is 51.4 cm³/mol. The molecule has 1 aromatic rings. The van der Waals surface area contributed by atoms with Crippen LogP contribution in [0.15, 0.2) is 24.3 Å². The van der Waals surface area contributed by atoms with E-state index in [2.05, 4.69) is 4.84 Å². The lowest BCUT2D eigenvalue weighted by Gasteiger charge is -2.05. The van der Waals surface area contributed by atoms with Crippen molar-refractivity contribution in [2.24, 2.45) is 5.90 Å². The van der Waals surface area contributed by atoms with Gasteiger partial charge in [-0.3, -0.25) is 4.84 Å². The Balaban J connectivity index is 2.46. The van der Waals surface area contributed by atoms with Crippen LogP contribution in [0.25, 0.3) is 0 Å². The first-order valence-corrected chi connectivity index (χ1v) is 4.32. The van der Waals surface area contributed by atoms with Gasteiger partial charge in [-0.05, 0) is 6.07 Å². The molecule has 4 nitrogen and oxygen atoms in total. The van der Waals surface area contributed by atoms with E-state index in [9.17, 15) is 4.79 Å². The molecule has 0 aliphatic carbocycles. The highest BCUT2D eigenvalue weighted by Gasteiger charge is 2.04. The summed E-state index contributed by atoms with van der Waals surface area (Å²) < 4.78 is 4.82. The van der Waals surface area contributed by atoms with Crippen LogP contribution in [0.2, 0.25) is 5.02 Å². The smallest absolute Gasteiger partial charge is 0.334 e. The van der Waals surface area contributed by atoms with Crippen LogP contribution in [0.1, 0.15) is 5.56 Å². The molecule has 0 saturated carbocycles. The molecule has 2 N–H and O–H groups in total. The molecule has 0 amide bonds. The number of ether oxygens (including phenoxy) is 1. The molecule has 0 saturated heterocycles. The van der Waals surface area contributed by atoms with Crippen LogP contribution in [0.3, 0.4) is 0 Å². The monoisotopic (exact) mass is 215 g/mol. The third kappa shape index (κ3) is 3.33. The Morgan fingerprint density at radius 3 is 2.79 bits per heavy atom. The second-order valence-electron chi connectivity index (χ2n) is 2.56. The summed E-state index contributed by atoms with van der Waals surface area (Å²) in [7, 11) is 0. The zero-order chi connectivity index (χ0) is 10.4. The van der Waals surface area contributed by atoms with Gasteiger partial charge in [0.15, 0.2) is 6.61 Å². The van der Waals surface area contributed by atoms with Gasteiger partial charge in [0.05, 0.1) is 0 Å². The van der Waals surface area contributed by atoms with Crippen LogP contribution in [0.5, 0.6) is 0 Å². The number of nitrogens with two attached hydrogens (primary N) is 1. The van der Waals surface area contributed by atoms with Crippen LogP contribution in [0.4, 0.5) is 0 Å². The predicted octanol–water partition coefficient (Wildman–Crippen LogP) is 1.27. The topological polar surface area (TPSA) is 61.5 Å². The molecular weight excluding hydrogens is 206 g/mol. The van der Waals surface area contributed by atoms with Crippen molar-refractivity contribution in [3.63, 3.8) is 0 Å². The summed E-state index contributed by atoms with van der Waals surface area (Å²) in [4.78, 5) is 15.0. The quantitative estimate of drug-likeness (QED) is 0.607. The van der Waals surface area contributed by atoms with E-state index < -0.39 is 5.97 Å². The molecule has 0 aliphatic heterocycles. The average Bonchev–Trinajstić information content (AvgIpc) is 2.17. The van der Waals surface area contributed by atoms with E-state index in [-0.39, 0.29) is 13.2 Å². The largest absolute Gasteiger partial charge is 0.459 e. The van der Waals surface area contributed by atoms with Gasteiger partial charge in [-0.2, -0.15) is 0 Å². The molecule has 0 heterocycles. The fraction of sp³-hybridized carbons (Fsp3) is 0.222. The third-order valence-corrected chi connectivity index (χ3v) is 1.92. The van der Waals surface area contributed by atoms with Crippen molar-refractivity contribution >= 4 is 17.6 Å². The van der Waals surface area contributed by atoms with E-state index in [0.717, 1.165) is 5.56 Å². The first-order chi connectivity index (χ1) is 6.74. The Morgan fingerprint density at radius 2 is 2.14 bits per heavy atom. The summed E-state index contributed by atoms with van der Waals surface area (Å²) in [5.41, 5.74) is 0.750. The second-order valence-corrected chi connectivity index (χ2v) is 2.97. The zero-order valence-electron chi connectivity index (χ0n) is 7.40. The fourth-order valence-corrected chi connectivity index (χ4v) is 1.07. The van der Waals surface area contributed by atoms with E-state index in [4.69, 9.17) is 22.2 Å². The highest BCUT2D eigenvalue weighted by atomic mass is 35.5. The summed E-state index contributed by atoms with van der Waals surface area (Å²) in [5, 5.41) is 0.564. The van der Waals surface area contributed by atoms with Crippen molar-refractivity contribution in [1.82, 2.24) is 0 Å². The fourth-order valence-electron chi connectivity index (χ4n) is 0.883. The minimum atomic E-state index is -0.521. The van der Waals surface area contributed by atoms with E-state index >= 15 is 0 Å². The normalized spacial score (nSPS) is 9.86. The molecule has 0 atom stereocenters. The number of hydrogen-bond acceptors (Lipinski definition) is 4. The van der Waals surface area contributed by atoms with Crippen molar-refractivity contribution < 1.29 is 14.4 Å². The van der Waals surface area contributed by atoms with Crippen LogP contribution >= 0.6 is 11.6 Å². The number of rotatable bonds is 4. The van der Waals surface area contributed by atoms with Crippen LogP contribution in [-0.2, 0) is 21.0 Å². The molecule has 0 aromatic heterocycles. The number of hydrogen-bond donors (Lipinski definition) is 1. The maximum Gasteiger partial charge on any atom is 0.334 e. The first kappa shape index (κ1) is 11.0. The van der Waals surface area contributed by atoms with Gasteiger partial charge in [-0.25, -0.2) is 10.7 Å². The maximum atomic E-state index is 10.9. The van der Waals surface area contributed by atoms with Crippen LogP contribution in [0, 0.1) is 0 Å². The van der Waals surface area contributed by atoms with Gasteiger partial charge in [0.2, 0.25) is 0 Å². The van der Waals surface area contributed by atoms with E-state index in [0.29, 0.717) is 5.02 Å². The molecule has 5 heteroatoms. The Morgan fingerprint density at radius 1 is 1.43 bits per heavy atom. The Labute approximate surface area is 86.5 Å². The summed E-state index contributed by atoms with van der Waals surface area (Å²) >= 11 is 5.84. The molecule has 0 aliphatic rings. The Hall–Kier alpha value is -1.10. The van der Waals surface area contributed by atoms with E-state index in [1.54, 1.807) is 18.2 Å². The van der Waals surface area contributed by atoms with Gasteiger partial charge in [0.25, 0.3) is 0 Å². The average molecular weight is 216 g/mol. The first-order valence-electron chi connectivity index (χ1n) is 3.94. The minimum Gasteiger partial charge on any atom is -0.459 e. The standard InChI is InChI=1S/C9H10ClNO3/c10-8-4-2-1-3-7(8)5-13-9(12)6-14-11/h1-4H,5-6,11H2. The van der Waals surface area contributed by atoms with Gasteiger partial charge in [0, 0.05) is 10.6 Å². The van der Waals surface area contributed by atoms with Crippen LogP contribution < -0.4 is 5.90 Å². The molecule has 0 radical (unpaired) electrons. The lowest BCUT2D eigenvalue weighted by Crippen LogP contribution is -2.15. The number of benzene rings is 1. The number of carbonyl (C=O) groups is 1. The Kier molecular flexibility index (Phi) is 4.39. The summed E-state index contributed by atoms with van der Waals surface area (Å²) in [5.74, 6) is 4.18. The second kappa shape index (κ2) is 5.59. The molecular formula is C9H10ClNO3. The van der Waals surface area contributed by atoms with Gasteiger partial charge >= 0.3 is 5.97 Å². The van der Waals surface area contributed by atoms with E-state index in [1.807, 2.05) is 6.07 Å². The molecule has 14 heavy (non-hydrogen) atoms. The van der Waals surface area contributed by atoms with Gasteiger partial charge in [0.1, 0.15) is 6.61 Å². The highest BCUT2D eigenvalue weighted by molar-refractivity contribution is 6.31. The summed E-state index contributed by atoms with van der Waals surface area (Å²) in [6.45, 7) is -0.133. The van der Waals surface area contributed by atoms with Crippen molar-refractivity contribution in [2.45, 2.75) is 6.61 Å². The lowest BCUT2D eigenvalue weighted by molar-refractivity contribution is -0.150. The molecule has 76 valence electrons. The number of carbonyl (C=O) groups excluding carboxylic acids is 1. The van der Waals surface area contributed by atoms with E-state index in [1.165, 1.54) is 0 Å². The zero-order valence-corrected chi connectivity index (χ0v) is 8.16. The molecule has 0 spiro atoms. The maximum absolute atomic E-state index is 10.9. The minimum absolute atomic E-state index is 0.127. The molecule has 1 aromatic carbocycles. The molecule has 0 fully saturated rings. The highest BCUT2D eigenvalue weighted by Crippen LogP contribution is 2.15. The third-order valence-electron chi connectivity index (χ3n) is 1.55. The molecule has 0 unspecified atom stereocenters. The van der Waals surface area contributed by atoms with Gasteiger partial charge < -0.3 is 4.74 Å². The van der Waals surface area contributed by atoms with Gasteiger partial charge in [-0.1, -0.05) is 29.8 Å². The van der Waals surface area contributed by atoms with Gasteiger partial charge in [-0.15, -0.1) is 0 Å². The number of esters is 1. The van der Waals surface area contributed by atoms with Crippen molar-refractivity contribution in [3.8, 4) is 0 Å². The lowest BCUT2D eigenvalue weighted by atomic mass is 10.2. The van der Waals surface area contributed by atoms with Crippen molar-refractivity contribution in [2.75, 3.05) is 6.61 Å². The molecule has 1 rings (SSSR count). The van der Waals surface area contributed by atoms with Crippen molar-refractivity contribution in [3.05, 3.63) is 34.9 Å². The summed E-state index contributed by atoms with van der Waals surface area (Å²) in [6, 6.07) is 7.12.